The van der Waals surface area contributed by atoms with Crippen molar-refractivity contribution in [3.63, 3.8) is 0 Å². The molecule has 2 rings (SSSR count). The zero-order chi connectivity index (χ0) is 14.4. The molecular formula is C16H26N2O2. The first-order valence-electron chi connectivity index (χ1n) is 7.32. The van der Waals surface area contributed by atoms with Gasteiger partial charge in [-0.1, -0.05) is 6.07 Å². The van der Waals surface area contributed by atoms with E-state index >= 15 is 0 Å². The lowest BCUT2D eigenvalue weighted by molar-refractivity contribution is 0.193. The number of ether oxygens (including phenoxy) is 2. The average molecular weight is 278 g/mol. The van der Waals surface area contributed by atoms with E-state index in [1.165, 1.54) is 16.8 Å². The fraction of sp³-hybridized carbons (Fsp3) is 0.625. The van der Waals surface area contributed by atoms with Crippen LogP contribution in [-0.4, -0.2) is 46.6 Å². The van der Waals surface area contributed by atoms with Crippen LogP contribution in [0.25, 0.3) is 0 Å². The summed E-state index contributed by atoms with van der Waals surface area (Å²) in [5.41, 5.74) is 3.96. The van der Waals surface area contributed by atoms with Crippen LogP contribution in [0.1, 0.15) is 17.5 Å². The van der Waals surface area contributed by atoms with Crippen molar-refractivity contribution in [2.75, 3.05) is 45.4 Å². The Balaban J connectivity index is 1.94. The van der Waals surface area contributed by atoms with Gasteiger partial charge in [0.1, 0.15) is 0 Å². The fourth-order valence-electron chi connectivity index (χ4n) is 2.53. The lowest BCUT2D eigenvalue weighted by Crippen LogP contribution is -2.31. The summed E-state index contributed by atoms with van der Waals surface area (Å²) in [7, 11) is 3.88. The second kappa shape index (κ2) is 7.62. The highest BCUT2D eigenvalue weighted by molar-refractivity contribution is 5.51. The van der Waals surface area contributed by atoms with Gasteiger partial charge in [-0.15, -0.1) is 0 Å². The molecule has 0 saturated carbocycles. The molecular weight excluding hydrogens is 252 g/mol. The number of aryl methyl sites for hydroxylation is 1. The number of rotatable bonds is 7. The minimum Gasteiger partial charge on any atom is -0.383 e. The Morgan fingerprint density at radius 3 is 2.95 bits per heavy atom. The van der Waals surface area contributed by atoms with Gasteiger partial charge < -0.3 is 19.7 Å². The predicted octanol–water partition coefficient (Wildman–Crippen LogP) is 1.96. The molecule has 1 fully saturated rings. The highest BCUT2D eigenvalue weighted by atomic mass is 16.5. The standard InChI is InChI=1S/C16H26N2O2/c1-13-10-15(18(2)16-6-8-20-12-16)5-4-14(13)11-17-7-9-19-3/h4-5,10,16-17H,6-9,11-12H2,1-3H3. The number of likely N-dealkylation sites (N-methyl/N-ethyl adjacent to an activating group) is 1. The second-order valence-corrected chi connectivity index (χ2v) is 5.41. The Bertz CT molecular complexity index is 417. The Morgan fingerprint density at radius 1 is 1.45 bits per heavy atom. The SMILES string of the molecule is COCCNCc1ccc(N(C)C2CCOC2)cc1C. The number of anilines is 1. The molecule has 20 heavy (non-hydrogen) atoms. The monoisotopic (exact) mass is 278 g/mol. The number of nitrogens with one attached hydrogen (secondary N) is 1. The van der Waals surface area contributed by atoms with Crippen molar-refractivity contribution in [2.24, 2.45) is 0 Å². The largest absolute Gasteiger partial charge is 0.383 e. The second-order valence-electron chi connectivity index (χ2n) is 5.41. The smallest absolute Gasteiger partial charge is 0.0670 e. The molecule has 1 unspecified atom stereocenters. The number of hydrogen-bond donors (Lipinski definition) is 1. The van der Waals surface area contributed by atoms with Crippen LogP contribution in [0, 0.1) is 6.92 Å². The minimum absolute atomic E-state index is 0.514. The highest BCUT2D eigenvalue weighted by Crippen LogP contribution is 2.23. The third-order valence-electron chi connectivity index (χ3n) is 3.99. The van der Waals surface area contributed by atoms with Gasteiger partial charge in [-0.2, -0.15) is 0 Å². The first-order valence-corrected chi connectivity index (χ1v) is 7.32. The van der Waals surface area contributed by atoms with Gasteiger partial charge in [0.05, 0.1) is 19.3 Å². The van der Waals surface area contributed by atoms with Crippen molar-refractivity contribution >= 4 is 5.69 Å². The molecule has 0 radical (unpaired) electrons. The normalized spacial score (nSPS) is 18.4. The van der Waals surface area contributed by atoms with Crippen molar-refractivity contribution in [1.82, 2.24) is 5.32 Å². The van der Waals surface area contributed by atoms with Crippen molar-refractivity contribution in [1.29, 1.82) is 0 Å². The van der Waals surface area contributed by atoms with E-state index in [2.05, 4.69) is 42.4 Å². The summed E-state index contributed by atoms with van der Waals surface area (Å²) >= 11 is 0. The molecule has 1 saturated heterocycles. The zero-order valence-corrected chi connectivity index (χ0v) is 12.8. The molecule has 1 aliphatic rings. The fourth-order valence-corrected chi connectivity index (χ4v) is 2.53. The van der Waals surface area contributed by atoms with Crippen molar-refractivity contribution in [3.8, 4) is 0 Å². The van der Waals surface area contributed by atoms with Gasteiger partial charge in [0, 0.05) is 39.5 Å². The van der Waals surface area contributed by atoms with Crippen LogP contribution >= 0.6 is 0 Å². The molecule has 112 valence electrons. The molecule has 1 heterocycles. The third-order valence-corrected chi connectivity index (χ3v) is 3.99. The van der Waals surface area contributed by atoms with Gasteiger partial charge >= 0.3 is 0 Å². The van der Waals surface area contributed by atoms with E-state index in [4.69, 9.17) is 9.47 Å². The maximum absolute atomic E-state index is 5.47. The van der Waals surface area contributed by atoms with E-state index < -0.39 is 0 Å². The summed E-state index contributed by atoms with van der Waals surface area (Å²) in [5, 5.41) is 3.39. The van der Waals surface area contributed by atoms with Crippen LogP contribution in [0.5, 0.6) is 0 Å². The van der Waals surface area contributed by atoms with E-state index in [0.717, 1.165) is 39.3 Å². The maximum Gasteiger partial charge on any atom is 0.0670 e. The number of nitrogens with zero attached hydrogens (tertiary/aromatic N) is 1. The first kappa shape index (κ1) is 15.3. The molecule has 4 nitrogen and oxygen atoms in total. The molecule has 0 bridgehead atoms. The summed E-state index contributed by atoms with van der Waals surface area (Å²) in [4.78, 5) is 2.34. The van der Waals surface area contributed by atoms with E-state index in [9.17, 15) is 0 Å². The summed E-state index contributed by atoms with van der Waals surface area (Å²) in [6.45, 7) is 6.44. The summed E-state index contributed by atoms with van der Waals surface area (Å²) in [6.07, 6.45) is 1.12. The molecule has 1 aromatic carbocycles. The number of hydrogen-bond acceptors (Lipinski definition) is 4. The van der Waals surface area contributed by atoms with Crippen LogP contribution in [0.4, 0.5) is 5.69 Å². The highest BCUT2D eigenvalue weighted by Gasteiger charge is 2.20. The summed E-state index contributed by atoms with van der Waals surface area (Å²) in [5.74, 6) is 0. The van der Waals surface area contributed by atoms with Gasteiger partial charge in [-0.25, -0.2) is 0 Å². The Labute approximate surface area is 122 Å². The van der Waals surface area contributed by atoms with Gasteiger partial charge in [-0.3, -0.25) is 0 Å². The molecule has 1 N–H and O–H groups in total. The van der Waals surface area contributed by atoms with Crippen molar-refractivity contribution in [3.05, 3.63) is 29.3 Å². The van der Waals surface area contributed by atoms with Gasteiger partial charge in [0.2, 0.25) is 0 Å². The topological polar surface area (TPSA) is 33.7 Å². The van der Waals surface area contributed by atoms with Crippen molar-refractivity contribution < 1.29 is 9.47 Å². The maximum atomic E-state index is 5.47. The number of methoxy groups -OCH3 is 1. The van der Waals surface area contributed by atoms with Crippen LogP contribution in [0.2, 0.25) is 0 Å². The summed E-state index contributed by atoms with van der Waals surface area (Å²) < 4.78 is 10.5. The lowest BCUT2D eigenvalue weighted by Gasteiger charge is -2.26. The Morgan fingerprint density at radius 2 is 2.30 bits per heavy atom. The zero-order valence-electron chi connectivity index (χ0n) is 12.8. The quantitative estimate of drug-likeness (QED) is 0.773. The van der Waals surface area contributed by atoms with Gasteiger partial charge in [0.25, 0.3) is 0 Å². The number of benzene rings is 1. The average Bonchev–Trinajstić information content (AvgIpc) is 2.98. The van der Waals surface area contributed by atoms with Gasteiger partial charge in [-0.05, 0) is 36.6 Å². The van der Waals surface area contributed by atoms with E-state index in [-0.39, 0.29) is 0 Å². The van der Waals surface area contributed by atoms with E-state index in [0.29, 0.717) is 6.04 Å². The third kappa shape index (κ3) is 3.95. The molecule has 1 aromatic rings. The minimum atomic E-state index is 0.514. The van der Waals surface area contributed by atoms with Crippen LogP contribution in [0.15, 0.2) is 18.2 Å². The Hall–Kier alpha value is -1.10. The van der Waals surface area contributed by atoms with Crippen molar-refractivity contribution in [2.45, 2.75) is 25.9 Å². The lowest BCUT2D eigenvalue weighted by atomic mass is 10.1. The molecule has 0 aliphatic carbocycles. The summed E-state index contributed by atoms with van der Waals surface area (Å²) in [6, 6.07) is 7.21. The molecule has 0 spiro atoms. The van der Waals surface area contributed by atoms with Crippen LogP contribution < -0.4 is 10.2 Å². The Kier molecular flexibility index (Phi) is 5.83. The van der Waals surface area contributed by atoms with E-state index in [1.54, 1.807) is 7.11 Å². The van der Waals surface area contributed by atoms with Crippen LogP contribution in [0.3, 0.4) is 0 Å². The van der Waals surface area contributed by atoms with Crippen LogP contribution in [-0.2, 0) is 16.0 Å². The predicted molar refractivity (Wildman–Crippen MR) is 82.4 cm³/mol. The molecule has 0 aromatic heterocycles. The van der Waals surface area contributed by atoms with Gasteiger partial charge in [0.15, 0.2) is 0 Å². The van der Waals surface area contributed by atoms with E-state index in [1.807, 2.05) is 0 Å². The first-order chi connectivity index (χ1) is 9.72. The molecule has 0 amide bonds. The molecule has 1 aliphatic heterocycles. The molecule has 4 heteroatoms. The molecule has 1 atom stereocenters.